The number of piperidine rings is 1. The fourth-order valence-corrected chi connectivity index (χ4v) is 5.82. The molecule has 0 aromatic carbocycles. The molecule has 0 spiro atoms. The number of nitrogens with zero attached hydrogens (tertiary/aromatic N) is 1. The van der Waals surface area contributed by atoms with Crippen LogP contribution in [0.25, 0.3) is 0 Å². The van der Waals surface area contributed by atoms with Crippen LogP contribution in [0.4, 0.5) is 0 Å². The zero-order valence-corrected chi connectivity index (χ0v) is 14.8. The van der Waals surface area contributed by atoms with Gasteiger partial charge >= 0.3 is 5.97 Å². The first-order valence-electron chi connectivity index (χ1n) is 9.80. The van der Waals surface area contributed by atoms with Gasteiger partial charge in [-0.2, -0.15) is 0 Å². The zero-order chi connectivity index (χ0) is 16.4. The third-order valence-corrected chi connectivity index (χ3v) is 6.79. The van der Waals surface area contributed by atoms with E-state index in [1.807, 2.05) is 0 Å². The molecule has 4 heteroatoms. The number of carboxylic acid groups (broad SMARTS) is 1. The maximum absolute atomic E-state index is 11.2. The van der Waals surface area contributed by atoms with Crippen LogP contribution in [0.15, 0.2) is 0 Å². The van der Waals surface area contributed by atoms with E-state index in [1.165, 1.54) is 51.5 Å². The predicted molar refractivity (Wildman–Crippen MR) is 92.0 cm³/mol. The Morgan fingerprint density at radius 2 is 1.78 bits per heavy atom. The normalized spacial score (nSPS) is 42.2. The molecule has 23 heavy (non-hydrogen) atoms. The first-order valence-corrected chi connectivity index (χ1v) is 9.80. The number of carboxylic acids is 1. The average molecular weight is 324 g/mol. The van der Waals surface area contributed by atoms with Crippen LogP contribution in [-0.2, 0) is 4.79 Å². The summed E-state index contributed by atoms with van der Waals surface area (Å²) in [7, 11) is 0. The van der Waals surface area contributed by atoms with Gasteiger partial charge in [0.15, 0.2) is 0 Å². The van der Waals surface area contributed by atoms with Crippen molar-refractivity contribution in [2.45, 2.75) is 76.8 Å². The molecule has 132 valence electrons. The second kappa shape index (κ2) is 7.10. The number of carbonyl (C=O) groups is 1. The number of hydrogen-bond acceptors (Lipinski definition) is 2. The van der Waals surface area contributed by atoms with E-state index in [2.05, 4.69) is 6.92 Å². The highest BCUT2D eigenvalue weighted by Crippen LogP contribution is 2.42. The van der Waals surface area contributed by atoms with Crippen molar-refractivity contribution in [2.24, 2.45) is 23.5 Å². The van der Waals surface area contributed by atoms with E-state index in [0.29, 0.717) is 6.42 Å². The zero-order valence-electron chi connectivity index (χ0n) is 14.8. The summed E-state index contributed by atoms with van der Waals surface area (Å²) in [5, 5.41) is 9.25. The molecule has 0 bridgehead atoms. The van der Waals surface area contributed by atoms with E-state index >= 15 is 0 Å². The SMILES string of the molecule is CC1CC([N+]2(CC3CCCCC3)CC(N)CC(CC(=O)O)C2)C1. The summed E-state index contributed by atoms with van der Waals surface area (Å²) in [6.45, 7) is 5.77. The van der Waals surface area contributed by atoms with Gasteiger partial charge in [0.1, 0.15) is 0 Å². The van der Waals surface area contributed by atoms with Gasteiger partial charge in [-0.3, -0.25) is 4.79 Å². The molecule has 3 rings (SSSR count). The highest BCUT2D eigenvalue weighted by molar-refractivity contribution is 5.67. The van der Waals surface area contributed by atoms with Gasteiger partial charge in [0.25, 0.3) is 0 Å². The second-order valence-electron chi connectivity index (χ2n) is 8.96. The molecule has 4 nitrogen and oxygen atoms in total. The van der Waals surface area contributed by atoms with E-state index in [-0.39, 0.29) is 12.0 Å². The maximum Gasteiger partial charge on any atom is 0.303 e. The van der Waals surface area contributed by atoms with E-state index < -0.39 is 5.97 Å². The van der Waals surface area contributed by atoms with Crippen LogP contribution in [-0.4, -0.2) is 47.3 Å². The third-order valence-electron chi connectivity index (χ3n) is 6.79. The Bertz CT molecular complexity index is 416. The van der Waals surface area contributed by atoms with Crippen LogP contribution in [0, 0.1) is 17.8 Å². The largest absolute Gasteiger partial charge is 0.481 e. The summed E-state index contributed by atoms with van der Waals surface area (Å²) >= 11 is 0. The van der Waals surface area contributed by atoms with Gasteiger partial charge < -0.3 is 15.3 Å². The van der Waals surface area contributed by atoms with Gasteiger partial charge in [0, 0.05) is 24.7 Å². The Balaban J connectivity index is 1.74. The van der Waals surface area contributed by atoms with Gasteiger partial charge in [-0.1, -0.05) is 26.2 Å². The standard InChI is InChI=1S/C19H34N2O2/c1-14-7-18(8-14)21(11-15-5-3-2-4-6-15)12-16(10-19(22)23)9-17(20)13-21/h14-18H,2-13,20H2,1H3/p+1. The van der Waals surface area contributed by atoms with Crippen LogP contribution in [0.1, 0.15) is 64.7 Å². The van der Waals surface area contributed by atoms with Crippen molar-refractivity contribution in [3.05, 3.63) is 0 Å². The molecular weight excluding hydrogens is 288 g/mol. The second-order valence-corrected chi connectivity index (χ2v) is 8.96. The molecule has 3 N–H and O–H groups in total. The Kier molecular flexibility index (Phi) is 5.32. The lowest BCUT2D eigenvalue weighted by molar-refractivity contribution is -0.968. The van der Waals surface area contributed by atoms with Crippen LogP contribution in [0.5, 0.6) is 0 Å². The summed E-state index contributed by atoms with van der Waals surface area (Å²) in [6, 6.07) is 0.933. The van der Waals surface area contributed by atoms with E-state index in [0.717, 1.165) is 41.9 Å². The van der Waals surface area contributed by atoms with Crippen molar-refractivity contribution in [3.8, 4) is 0 Å². The van der Waals surface area contributed by atoms with Gasteiger partial charge in [-0.15, -0.1) is 0 Å². The number of aliphatic carboxylic acids is 1. The van der Waals surface area contributed by atoms with Crippen LogP contribution < -0.4 is 5.73 Å². The van der Waals surface area contributed by atoms with Crippen LogP contribution >= 0.6 is 0 Å². The minimum absolute atomic E-state index is 0.188. The monoisotopic (exact) mass is 323 g/mol. The van der Waals surface area contributed by atoms with E-state index in [4.69, 9.17) is 5.73 Å². The number of rotatable bonds is 5. The Labute approximate surface area is 141 Å². The third kappa shape index (κ3) is 4.08. The molecule has 0 aromatic heterocycles. The topological polar surface area (TPSA) is 63.3 Å². The quantitative estimate of drug-likeness (QED) is 0.765. The lowest BCUT2D eigenvalue weighted by Crippen LogP contribution is -2.69. The minimum Gasteiger partial charge on any atom is -0.481 e. The van der Waals surface area contributed by atoms with Crippen molar-refractivity contribution in [2.75, 3.05) is 19.6 Å². The lowest BCUT2D eigenvalue weighted by atomic mass is 9.75. The summed E-state index contributed by atoms with van der Waals surface area (Å²) in [5.74, 6) is 1.31. The van der Waals surface area contributed by atoms with Crippen molar-refractivity contribution in [1.29, 1.82) is 0 Å². The minimum atomic E-state index is -0.651. The Morgan fingerprint density at radius 1 is 1.09 bits per heavy atom. The molecule has 1 saturated heterocycles. The Hall–Kier alpha value is -0.610. The first kappa shape index (κ1) is 17.2. The van der Waals surface area contributed by atoms with E-state index in [1.54, 1.807) is 0 Å². The highest BCUT2D eigenvalue weighted by atomic mass is 16.4. The molecule has 0 aromatic rings. The molecule has 0 amide bonds. The predicted octanol–water partition coefficient (Wildman–Crippen LogP) is 3.00. The molecule has 0 radical (unpaired) electrons. The summed E-state index contributed by atoms with van der Waals surface area (Å²) in [5.41, 5.74) is 6.42. The number of nitrogens with two attached hydrogens (primary N) is 1. The van der Waals surface area contributed by atoms with Gasteiger partial charge in [-0.05, 0) is 25.2 Å². The molecule has 2 saturated carbocycles. The fourth-order valence-electron chi connectivity index (χ4n) is 5.82. The summed E-state index contributed by atoms with van der Waals surface area (Å²) in [4.78, 5) is 11.2. The number of hydrogen-bond donors (Lipinski definition) is 2. The summed E-state index contributed by atoms with van der Waals surface area (Å²) in [6.07, 6.45) is 10.8. The number of likely N-dealkylation sites (tertiary alicyclic amines) is 1. The molecule has 3 fully saturated rings. The fraction of sp³-hybridized carbons (Fsp3) is 0.947. The van der Waals surface area contributed by atoms with Crippen molar-refractivity contribution >= 4 is 5.97 Å². The van der Waals surface area contributed by atoms with Crippen molar-refractivity contribution in [3.63, 3.8) is 0 Å². The maximum atomic E-state index is 11.2. The Morgan fingerprint density at radius 3 is 2.39 bits per heavy atom. The molecule has 1 heterocycles. The highest BCUT2D eigenvalue weighted by Gasteiger charge is 2.49. The van der Waals surface area contributed by atoms with Crippen LogP contribution in [0.2, 0.25) is 0 Å². The van der Waals surface area contributed by atoms with Gasteiger partial charge in [0.05, 0.1) is 38.1 Å². The smallest absolute Gasteiger partial charge is 0.303 e. The van der Waals surface area contributed by atoms with Crippen molar-refractivity contribution in [1.82, 2.24) is 0 Å². The van der Waals surface area contributed by atoms with E-state index in [9.17, 15) is 9.90 Å². The van der Waals surface area contributed by atoms with Crippen LogP contribution in [0.3, 0.4) is 0 Å². The number of quaternary nitrogens is 1. The summed E-state index contributed by atoms with van der Waals surface area (Å²) < 4.78 is 1.15. The molecule has 2 aliphatic carbocycles. The van der Waals surface area contributed by atoms with Gasteiger partial charge in [-0.25, -0.2) is 0 Å². The molecule has 3 unspecified atom stereocenters. The lowest BCUT2D eigenvalue weighted by Gasteiger charge is -2.56. The molecule has 3 atom stereocenters. The molecule has 3 aliphatic rings. The van der Waals surface area contributed by atoms with Gasteiger partial charge in [0.2, 0.25) is 0 Å². The van der Waals surface area contributed by atoms with Crippen molar-refractivity contribution < 1.29 is 14.4 Å². The average Bonchev–Trinajstić information content (AvgIpc) is 2.43. The molecule has 1 aliphatic heterocycles. The first-order chi connectivity index (χ1) is 11.0. The molecular formula is C19H35N2O2+.